The minimum absolute atomic E-state index is 0.0105. The molecule has 0 saturated carbocycles. The van der Waals surface area contributed by atoms with Crippen molar-refractivity contribution in [1.29, 1.82) is 0 Å². The summed E-state index contributed by atoms with van der Waals surface area (Å²) in [7, 11) is 1.84. The van der Waals surface area contributed by atoms with Gasteiger partial charge in [0.05, 0.1) is 16.1 Å². The summed E-state index contributed by atoms with van der Waals surface area (Å²) in [5, 5.41) is 0.900. The SMILES string of the molecule is Cc1ncc(C(=O)c2cnc(C)n2C)s1. The molecule has 0 bridgehead atoms. The summed E-state index contributed by atoms with van der Waals surface area (Å²) in [5.74, 6) is 0.822. The highest BCUT2D eigenvalue weighted by Gasteiger charge is 2.16. The van der Waals surface area contributed by atoms with Gasteiger partial charge in [0.2, 0.25) is 5.78 Å². The molecule has 2 aromatic heterocycles. The average molecular weight is 221 g/mol. The van der Waals surface area contributed by atoms with Crippen molar-refractivity contribution in [2.75, 3.05) is 0 Å². The van der Waals surface area contributed by atoms with Gasteiger partial charge >= 0.3 is 0 Å². The van der Waals surface area contributed by atoms with E-state index in [9.17, 15) is 4.79 Å². The van der Waals surface area contributed by atoms with Gasteiger partial charge in [-0.15, -0.1) is 11.3 Å². The second kappa shape index (κ2) is 3.58. The molecule has 4 nitrogen and oxygen atoms in total. The first-order valence-corrected chi connectivity index (χ1v) is 5.36. The van der Waals surface area contributed by atoms with Crippen LogP contribution in [0.1, 0.15) is 26.2 Å². The van der Waals surface area contributed by atoms with E-state index < -0.39 is 0 Å². The maximum atomic E-state index is 12.0. The number of imidazole rings is 1. The van der Waals surface area contributed by atoms with E-state index in [1.807, 2.05) is 20.9 Å². The van der Waals surface area contributed by atoms with Crippen LogP contribution >= 0.6 is 11.3 Å². The summed E-state index contributed by atoms with van der Waals surface area (Å²) in [6.07, 6.45) is 3.22. The van der Waals surface area contributed by atoms with Crippen LogP contribution in [0, 0.1) is 13.8 Å². The molecule has 2 heterocycles. The lowest BCUT2D eigenvalue weighted by molar-refractivity contribution is 0.103. The third kappa shape index (κ3) is 1.70. The lowest BCUT2D eigenvalue weighted by Gasteiger charge is -1.99. The lowest BCUT2D eigenvalue weighted by Crippen LogP contribution is -2.06. The van der Waals surface area contributed by atoms with Gasteiger partial charge in [0.1, 0.15) is 11.5 Å². The van der Waals surface area contributed by atoms with Gasteiger partial charge in [0, 0.05) is 13.2 Å². The van der Waals surface area contributed by atoms with E-state index >= 15 is 0 Å². The molecule has 0 fully saturated rings. The molecule has 0 spiro atoms. The van der Waals surface area contributed by atoms with Gasteiger partial charge in [-0.05, 0) is 13.8 Å². The van der Waals surface area contributed by atoms with Gasteiger partial charge in [-0.2, -0.15) is 0 Å². The first-order chi connectivity index (χ1) is 7.09. The van der Waals surface area contributed by atoms with Crippen LogP contribution in [0.4, 0.5) is 0 Å². The van der Waals surface area contributed by atoms with Crippen molar-refractivity contribution in [3.8, 4) is 0 Å². The quantitative estimate of drug-likeness (QED) is 0.725. The maximum Gasteiger partial charge on any atom is 0.222 e. The first-order valence-electron chi connectivity index (χ1n) is 4.55. The summed E-state index contributed by atoms with van der Waals surface area (Å²) in [6.45, 7) is 3.75. The van der Waals surface area contributed by atoms with Crippen LogP contribution in [0.2, 0.25) is 0 Å². The summed E-state index contributed by atoms with van der Waals surface area (Å²) >= 11 is 1.41. The molecule has 0 aliphatic carbocycles. The number of hydrogen-bond donors (Lipinski definition) is 0. The topological polar surface area (TPSA) is 47.8 Å². The Hall–Kier alpha value is -1.49. The third-order valence-electron chi connectivity index (χ3n) is 2.30. The standard InChI is InChI=1S/C10H11N3OS/c1-6-11-4-8(13(6)3)10(14)9-5-12-7(2)15-9/h4-5H,1-3H3. The van der Waals surface area contributed by atoms with Gasteiger partial charge in [-0.25, -0.2) is 9.97 Å². The van der Waals surface area contributed by atoms with Crippen LogP contribution in [0.15, 0.2) is 12.4 Å². The Balaban J connectivity index is 2.41. The number of nitrogens with zero attached hydrogens (tertiary/aromatic N) is 3. The predicted molar refractivity (Wildman–Crippen MR) is 58.2 cm³/mol. The Morgan fingerprint density at radius 3 is 2.53 bits per heavy atom. The molecule has 0 unspecified atom stereocenters. The van der Waals surface area contributed by atoms with Crippen molar-refractivity contribution in [2.24, 2.45) is 7.05 Å². The van der Waals surface area contributed by atoms with E-state index in [-0.39, 0.29) is 5.78 Å². The summed E-state index contributed by atoms with van der Waals surface area (Å²) in [6, 6.07) is 0. The Labute approximate surface area is 91.6 Å². The molecule has 15 heavy (non-hydrogen) atoms. The fourth-order valence-electron chi connectivity index (χ4n) is 1.31. The van der Waals surface area contributed by atoms with Crippen LogP contribution in [0.25, 0.3) is 0 Å². The van der Waals surface area contributed by atoms with Gasteiger partial charge in [-0.1, -0.05) is 0 Å². The fraction of sp³-hybridized carbons (Fsp3) is 0.300. The van der Waals surface area contributed by atoms with Crippen LogP contribution in [0.3, 0.4) is 0 Å². The number of hydrogen-bond acceptors (Lipinski definition) is 4. The minimum Gasteiger partial charge on any atom is -0.329 e. The van der Waals surface area contributed by atoms with Crippen molar-refractivity contribution in [3.05, 3.63) is 33.8 Å². The van der Waals surface area contributed by atoms with Gasteiger partial charge in [-0.3, -0.25) is 4.79 Å². The molecule has 2 rings (SSSR count). The van der Waals surface area contributed by atoms with Crippen LogP contribution in [0.5, 0.6) is 0 Å². The molecule has 0 saturated heterocycles. The minimum atomic E-state index is -0.0105. The zero-order chi connectivity index (χ0) is 11.0. The number of thiazole rings is 1. The molecule has 0 aliphatic heterocycles. The van der Waals surface area contributed by atoms with Crippen molar-refractivity contribution in [1.82, 2.24) is 14.5 Å². The van der Waals surface area contributed by atoms with Crippen LogP contribution < -0.4 is 0 Å². The largest absolute Gasteiger partial charge is 0.329 e. The third-order valence-corrected chi connectivity index (χ3v) is 3.21. The van der Waals surface area contributed by atoms with E-state index in [0.29, 0.717) is 10.6 Å². The van der Waals surface area contributed by atoms with Crippen LogP contribution in [-0.2, 0) is 7.05 Å². The molecule has 0 amide bonds. The number of rotatable bonds is 2. The Kier molecular flexibility index (Phi) is 2.40. The highest BCUT2D eigenvalue weighted by molar-refractivity contribution is 7.13. The molecular formula is C10H11N3OS. The zero-order valence-electron chi connectivity index (χ0n) is 8.81. The van der Waals surface area contributed by atoms with Gasteiger partial charge in [0.25, 0.3) is 0 Å². The number of carbonyl (C=O) groups excluding carboxylic acids is 1. The fourth-order valence-corrected chi connectivity index (χ4v) is 2.03. The Bertz CT molecular complexity index is 512. The molecule has 0 atom stereocenters. The Morgan fingerprint density at radius 1 is 1.33 bits per heavy atom. The molecule has 2 aromatic rings. The summed E-state index contributed by atoms with van der Waals surface area (Å²) in [4.78, 5) is 20.8. The summed E-state index contributed by atoms with van der Waals surface area (Å²) in [5.41, 5.74) is 0.608. The summed E-state index contributed by atoms with van der Waals surface area (Å²) < 4.78 is 1.79. The van der Waals surface area contributed by atoms with Crippen molar-refractivity contribution in [3.63, 3.8) is 0 Å². The van der Waals surface area contributed by atoms with E-state index in [4.69, 9.17) is 0 Å². The van der Waals surface area contributed by atoms with E-state index in [0.717, 1.165) is 10.8 Å². The maximum absolute atomic E-state index is 12.0. The second-order valence-corrected chi connectivity index (χ2v) is 4.56. The monoisotopic (exact) mass is 221 g/mol. The zero-order valence-corrected chi connectivity index (χ0v) is 9.63. The van der Waals surface area contributed by atoms with Gasteiger partial charge in [0.15, 0.2) is 0 Å². The predicted octanol–water partition coefficient (Wildman–Crippen LogP) is 1.72. The Morgan fingerprint density at radius 2 is 2.07 bits per heavy atom. The van der Waals surface area contributed by atoms with E-state index in [1.165, 1.54) is 11.3 Å². The van der Waals surface area contributed by atoms with Crippen molar-refractivity contribution >= 4 is 17.1 Å². The molecule has 0 aliphatic rings. The molecule has 0 radical (unpaired) electrons. The number of ketones is 1. The smallest absolute Gasteiger partial charge is 0.222 e. The van der Waals surface area contributed by atoms with Crippen molar-refractivity contribution in [2.45, 2.75) is 13.8 Å². The van der Waals surface area contributed by atoms with E-state index in [2.05, 4.69) is 9.97 Å². The molecule has 78 valence electrons. The molecule has 0 N–H and O–H groups in total. The molecule has 5 heteroatoms. The normalized spacial score (nSPS) is 10.6. The first kappa shape index (κ1) is 10.0. The lowest BCUT2D eigenvalue weighted by atomic mass is 10.3. The van der Waals surface area contributed by atoms with E-state index in [1.54, 1.807) is 17.0 Å². The van der Waals surface area contributed by atoms with Crippen molar-refractivity contribution < 1.29 is 4.79 Å². The highest BCUT2D eigenvalue weighted by atomic mass is 32.1. The van der Waals surface area contributed by atoms with Gasteiger partial charge < -0.3 is 4.57 Å². The molecular weight excluding hydrogens is 210 g/mol. The second-order valence-electron chi connectivity index (χ2n) is 3.32. The van der Waals surface area contributed by atoms with Crippen LogP contribution in [-0.4, -0.2) is 20.3 Å². The highest BCUT2D eigenvalue weighted by Crippen LogP contribution is 2.16. The number of aryl methyl sites for hydroxylation is 2. The molecule has 0 aromatic carbocycles. The number of aromatic nitrogens is 3. The average Bonchev–Trinajstić information content (AvgIpc) is 2.75. The number of carbonyl (C=O) groups is 1.